The largest absolute Gasteiger partial charge is 0.390 e. The Morgan fingerprint density at radius 3 is 2.92 bits per heavy atom. The number of thioether (sulfide) groups is 1. The number of aliphatic hydroxyl groups excluding tert-OH is 1. The van der Waals surface area contributed by atoms with Gasteiger partial charge in [0.2, 0.25) is 0 Å². The van der Waals surface area contributed by atoms with Gasteiger partial charge in [-0.25, -0.2) is 0 Å². The third-order valence-electron chi connectivity index (χ3n) is 2.36. The van der Waals surface area contributed by atoms with Gasteiger partial charge in [-0.1, -0.05) is 5.16 Å². The molecule has 4 heteroatoms. The fourth-order valence-corrected chi connectivity index (χ4v) is 2.68. The van der Waals surface area contributed by atoms with E-state index in [2.05, 4.69) is 5.16 Å². The van der Waals surface area contributed by atoms with Crippen LogP contribution in [0.25, 0.3) is 0 Å². The van der Waals surface area contributed by atoms with Gasteiger partial charge in [-0.15, -0.1) is 0 Å². The number of hydrogen-bond donors (Lipinski definition) is 1. The number of aromatic nitrogens is 1. The van der Waals surface area contributed by atoms with E-state index in [0.29, 0.717) is 11.6 Å². The zero-order valence-corrected chi connectivity index (χ0v) is 8.22. The van der Waals surface area contributed by atoms with Crippen LogP contribution >= 0.6 is 11.8 Å². The first kappa shape index (κ1) is 9.09. The first-order chi connectivity index (χ1) is 6.40. The SMILES string of the molecule is OCc1cc(C2CCSCC2)on1. The molecule has 1 aliphatic heterocycles. The first-order valence-electron chi connectivity index (χ1n) is 4.54. The minimum atomic E-state index is -0.0228. The van der Waals surface area contributed by atoms with Gasteiger partial charge >= 0.3 is 0 Å². The number of nitrogens with zero attached hydrogens (tertiary/aromatic N) is 1. The van der Waals surface area contributed by atoms with E-state index in [1.165, 1.54) is 24.3 Å². The maximum absolute atomic E-state index is 8.82. The second-order valence-electron chi connectivity index (χ2n) is 3.27. The highest BCUT2D eigenvalue weighted by Crippen LogP contribution is 2.31. The van der Waals surface area contributed by atoms with Crippen LogP contribution in [-0.2, 0) is 6.61 Å². The molecule has 2 rings (SSSR count). The van der Waals surface area contributed by atoms with Crippen LogP contribution in [0.1, 0.15) is 30.2 Å². The van der Waals surface area contributed by atoms with Crippen LogP contribution in [0.15, 0.2) is 10.6 Å². The summed E-state index contributed by atoms with van der Waals surface area (Å²) in [5.41, 5.74) is 0.647. The lowest BCUT2D eigenvalue weighted by molar-refractivity contribution is 0.263. The molecule has 1 aromatic heterocycles. The molecule has 0 saturated carbocycles. The minimum Gasteiger partial charge on any atom is -0.390 e. The van der Waals surface area contributed by atoms with Crippen molar-refractivity contribution in [1.82, 2.24) is 5.16 Å². The molecule has 3 nitrogen and oxygen atoms in total. The summed E-state index contributed by atoms with van der Waals surface area (Å²) in [4.78, 5) is 0. The summed E-state index contributed by atoms with van der Waals surface area (Å²) >= 11 is 1.99. The fraction of sp³-hybridized carbons (Fsp3) is 0.667. The predicted octanol–water partition coefficient (Wildman–Crippen LogP) is 1.78. The molecule has 0 amide bonds. The van der Waals surface area contributed by atoms with Gasteiger partial charge in [0.1, 0.15) is 11.5 Å². The Labute approximate surface area is 81.5 Å². The average molecular weight is 199 g/mol. The lowest BCUT2D eigenvalue weighted by atomic mass is 10.00. The molecule has 2 heterocycles. The number of aliphatic hydroxyl groups is 1. The standard InChI is InChI=1S/C9H13NO2S/c11-6-8-5-9(12-10-8)7-1-3-13-4-2-7/h5,7,11H,1-4,6H2. The highest BCUT2D eigenvalue weighted by Gasteiger charge is 2.19. The smallest absolute Gasteiger partial charge is 0.140 e. The fourth-order valence-electron chi connectivity index (χ4n) is 1.58. The molecule has 0 unspecified atom stereocenters. The van der Waals surface area contributed by atoms with E-state index in [1.54, 1.807) is 0 Å². The molecule has 1 aromatic rings. The van der Waals surface area contributed by atoms with Gasteiger partial charge in [-0.2, -0.15) is 11.8 Å². The predicted molar refractivity (Wildman–Crippen MR) is 51.7 cm³/mol. The van der Waals surface area contributed by atoms with Gasteiger partial charge in [0.25, 0.3) is 0 Å². The van der Waals surface area contributed by atoms with E-state index in [0.717, 1.165) is 5.76 Å². The Bertz CT molecular complexity index is 268. The molecule has 0 atom stereocenters. The van der Waals surface area contributed by atoms with Crippen molar-refractivity contribution in [1.29, 1.82) is 0 Å². The summed E-state index contributed by atoms with van der Waals surface area (Å²) in [6.45, 7) is -0.0228. The Morgan fingerprint density at radius 2 is 2.31 bits per heavy atom. The van der Waals surface area contributed by atoms with E-state index in [1.807, 2.05) is 17.8 Å². The van der Waals surface area contributed by atoms with Crippen LogP contribution in [0.5, 0.6) is 0 Å². The van der Waals surface area contributed by atoms with Gasteiger partial charge in [0, 0.05) is 12.0 Å². The maximum Gasteiger partial charge on any atom is 0.140 e. The molecule has 1 aliphatic rings. The van der Waals surface area contributed by atoms with Gasteiger partial charge in [-0.05, 0) is 24.3 Å². The number of rotatable bonds is 2. The summed E-state index contributed by atoms with van der Waals surface area (Å²) in [5.74, 6) is 3.89. The van der Waals surface area contributed by atoms with Crippen molar-refractivity contribution in [3.05, 3.63) is 17.5 Å². The Morgan fingerprint density at radius 1 is 1.54 bits per heavy atom. The summed E-state index contributed by atoms with van der Waals surface area (Å²) in [7, 11) is 0. The van der Waals surface area contributed by atoms with Crippen molar-refractivity contribution in [3.8, 4) is 0 Å². The summed E-state index contributed by atoms with van der Waals surface area (Å²) in [6.07, 6.45) is 2.34. The van der Waals surface area contributed by atoms with Crippen LogP contribution in [0.2, 0.25) is 0 Å². The highest BCUT2D eigenvalue weighted by atomic mass is 32.2. The Kier molecular flexibility index (Phi) is 2.90. The van der Waals surface area contributed by atoms with Crippen molar-refractivity contribution in [2.75, 3.05) is 11.5 Å². The minimum absolute atomic E-state index is 0.0228. The molecule has 0 aromatic carbocycles. The molecule has 13 heavy (non-hydrogen) atoms. The monoisotopic (exact) mass is 199 g/mol. The zero-order chi connectivity index (χ0) is 9.10. The van der Waals surface area contributed by atoms with Crippen LogP contribution in [0.3, 0.4) is 0 Å². The van der Waals surface area contributed by atoms with E-state index in [4.69, 9.17) is 9.63 Å². The molecule has 1 fully saturated rings. The Balaban J connectivity index is 2.05. The van der Waals surface area contributed by atoms with E-state index >= 15 is 0 Å². The number of hydrogen-bond acceptors (Lipinski definition) is 4. The van der Waals surface area contributed by atoms with Crippen molar-refractivity contribution in [2.24, 2.45) is 0 Å². The maximum atomic E-state index is 8.82. The molecule has 0 spiro atoms. The van der Waals surface area contributed by atoms with E-state index in [9.17, 15) is 0 Å². The average Bonchev–Trinajstić information content (AvgIpc) is 2.67. The third-order valence-corrected chi connectivity index (χ3v) is 3.41. The first-order valence-corrected chi connectivity index (χ1v) is 5.69. The molecular weight excluding hydrogens is 186 g/mol. The molecular formula is C9H13NO2S. The second kappa shape index (κ2) is 4.15. The van der Waals surface area contributed by atoms with Crippen LogP contribution in [-0.4, -0.2) is 21.8 Å². The lowest BCUT2D eigenvalue weighted by Gasteiger charge is -2.17. The van der Waals surface area contributed by atoms with Crippen molar-refractivity contribution in [3.63, 3.8) is 0 Å². The van der Waals surface area contributed by atoms with Gasteiger partial charge in [-0.3, -0.25) is 0 Å². The molecule has 72 valence electrons. The molecule has 0 aliphatic carbocycles. The van der Waals surface area contributed by atoms with Gasteiger partial charge in [0.05, 0.1) is 6.61 Å². The van der Waals surface area contributed by atoms with Crippen LogP contribution in [0.4, 0.5) is 0 Å². The highest BCUT2D eigenvalue weighted by molar-refractivity contribution is 7.99. The molecule has 0 bridgehead atoms. The van der Waals surface area contributed by atoms with Crippen molar-refractivity contribution in [2.45, 2.75) is 25.4 Å². The van der Waals surface area contributed by atoms with Crippen LogP contribution in [0, 0.1) is 0 Å². The van der Waals surface area contributed by atoms with Crippen LogP contribution < -0.4 is 0 Å². The molecule has 1 N–H and O–H groups in total. The summed E-state index contributed by atoms with van der Waals surface area (Å²) < 4.78 is 5.18. The quantitative estimate of drug-likeness (QED) is 0.788. The molecule has 0 radical (unpaired) electrons. The zero-order valence-electron chi connectivity index (χ0n) is 7.40. The summed E-state index contributed by atoms with van der Waals surface area (Å²) in [5, 5.41) is 12.6. The van der Waals surface area contributed by atoms with E-state index in [-0.39, 0.29) is 6.61 Å². The summed E-state index contributed by atoms with van der Waals surface area (Å²) in [6, 6.07) is 1.88. The van der Waals surface area contributed by atoms with Gasteiger partial charge in [0.15, 0.2) is 0 Å². The normalized spacial score (nSPS) is 19.2. The van der Waals surface area contributed by atoms with E-state index < -0.39 is 0 Å². The van der Waals surface area contributed by atoms with Crippen molar-refractivity contribution < 1.29 is 9.63 Å². The molecule has 1 saturated heterocycles. The topological polar surface area (TPSA) is 46.3 Å². The Hall–Kier alpha value is -0.480. The van der Waals surface area contributed by atoms with Crippen molar-refractivity contribution >= 4 is 11.8 Å². The van der Waals surface area contributed by atoms with Gasteiger partial charge < -0.3 is 9.63 Å². The third kappa shape index (κ3) is 2.06. The second-order valence-corrected chi connectivity index (χ2v) is 4.49. The lowest BCUT2D eigenvalue weighted by Crippen LogP contribution is -2.06.